The third kappa shape index (κ3) is 3.54. The normalized spacial score (nSPS) is 20.4. The molecule has 0 bridgehead atoms. The maximum atomic E-state index is 12.0. The molecular formula is C12H20N2O2S2. The van der Waals surface area contributed by atoms with E-state index in [1.165, 1.54) is 17.8 Å². The van der Waals surface area contributed by atoms with E-state index in [2.05, 4.69) is 10.0 Å². The van der Waals surface area contributed by atoms with Crippen LogP contribution in [0.3, 0.4) is 0 Å². The molecule has 4 nitrogen and oxygen atoms in total. The highest BCUT2D eigenvalue weighted by molar-refractivity contribution is 7.91. The maximum absolute atomic E-state index is 12.0. The van der Waals surface area contributed by atoms with Crippen molar-refractivity contribution in [3.05, 3.63) is 17.0 Å². The average molecular weight is 288 g/mol. The third-order valence-corrected chi connectivity index (χ3v) is 6.38. The lowest BCUT2D eigenvalue weighted by atomic mass is 10.2. The molecule has 1 aromatic heterocycles. The van der Waals surface area contributed by atoms with E-state index in [1.807, 2.05) is 13.0 Å². The molecule has 2 rings (SSSR count). The predicted octanol–water partition coefficient (Wildman–Crippen LogP) is 1.73. The number of hydrogen-bond acceptors (Lipinski definition) is 4. The summed E-state index contributed by atoms with van der Waals surface area (Å²) in [7, 11) is -3.30. The van der Waals surface area contributed by atoms with Crippen LogP contribution in [-0.4, -0.2) is 27.5 Å². The summed E-state index contributed by atoms with van der Waals surface area (Å²) in [6, 6.07) is 4.06. The van der Waals surface area contributed by atoms with Crippen LogP contribution < -0.4 is 10.0 Å². The Hall–Kier alpha value is -0.430. The van der Waals surface area contributed by atoms with Gasteiger partial charge in [-0.15, -0.1) is 11.3 Å². The number of nitrogens with one attached hydrogen (secondary N) is 2. The highest BCUT2D eigenvalue weighted by atomic mass is 32.2. The van der Waals surface area contributed by atoms with Gasteiger partial charge in [-0.25, -0.2) is 13.1 Å². The average Bonchev–Trinajstić information content (AvgIpc) is 2.99. The Morgan fingerprint density at radius 1 is 1.50 bits per heavy atom. The molecule has 6 heteroatoms. The molecule has 0 amide bonds. The Morgan fingerprint density at radius 2 is 2.33 bits per heavy atom. The summed E-state index contributed by atoms with van der Waals surface area (Å²) in [6.07, 6.45) is 4.10. The molecule has 1 aliphatic rings. The summed E-state index contributed by atoms with van der Waals surface area (Å²) in [5.41, 5.74) is 0. The fourth-order valence-electron chi connectivity index (χ4n) is 2.13. The molecule has 18 heavy (non-hydrogen) atoms. The van der Waals surface area contributed by atoms with Crippen molar-refractivity contribution in [3.8, 4) is 0 Å². The highest BCUT2D eigenvalue weighted by Crippen LogP contribution is 2.21. The van der Waals surface area contributed by atoms with E-state index < -0.39 is 10.0 Å². The van der Waals surface area contributed by atoms with E-state index in [0.717, 1.165) is 30.7 Å². The lowest BCUT2D eigenvalue weighted by Gasteiger charge is -2.10. The summed E-state index contributed by atoms with van der Waals surface area (Å²) < 4.78 is 27.1. The van der Waals surface area contributed by atoms with Gasteiger partial charge in [-0.2, -0.15) is 0 Å². The van der Waals surface area contributed by atoms with Crippen molar-refractivity contribution in [2.75, 3.05) is 13.1 Å². The molecule has 1 atom stereocenters. The Kier molecular flexibility index (Phi) is 4.77. The first-order valence-corrected chi connectivity index (χ1v) is 8.73. The predicted molar refractivity (Wildman–Crippen MR) is 74.5 cm³/mol. The summed E-state index contributed by atoms with van der Waals surface area (Å²) >= 11 is 1.36. The van der Waals surface area contributed by atoms with Crippen LogP contribution in [0.2, 0.25) is 0 Å². The van der Waals surface area contributed by atoms with E-state index in [0.29, 0.717) is 16.8 Å². The summed E-state index contributed by atoms with van der Waals surface area (Å²) in [5, 5.41) is 3.36. The number of sulfonamides is 1. The van der Waals surface area contributed by atoms with Gasteiger partial charge in [0.05, 0.1) is 0 Å². The summed E-state index contributed by atoms with van der Waals surface area (Å²) in [5.74, 6) is 0. The molecule has 1 fully saturated rings. The number of thiophene rings is 1. The minimum atomic E-state index is -3.30. The second-order valence-electron chi connectivity index (χ2n) is 4.55. The van der Waals surface area contributed by atoms with Crippen molar-refractivity contribution < 1.29 is 8.42 Å². The van der Waals surface area contributed by atoms with Crippen LogP contribution in [0.4, 0.5) is 0 Å². The number of rotatable bonds is 6. The minimum Gasteiger partial charge on any atom is -0.314 e. The zero-order chi connectivity index (χ0) is 13.0. The number of aryl methyl sites for hydroxylation is 1. The molecule has 0 radical (unpaired) electrons. The van der Waals surface area contributed by atoms with Gasteiger partial charge in [-0.05, 0) is 44.4 Å². The van der Waals surface area contributed by atoms with Crippen LogP contribution in [0.5, 0.6) is 0 Å². The molecule has 1 aromatic rings. The van der Waals surface area contributed by atoms with E-state index >= 15 is 0 Å². The fraction of sp³-hybridized carbons (Fsp3) is 0.667. The minimum absolute atomic E-state index is 0.429. The Balaban J connectivity index is 1.86. The topological polar surface area (TPSA) is 58.2 Å². The fourth-order valence-corrected chi connectivity index (χ4v) is 4.52. The molecule has 102 valence electrons. The molecule has 1 saturated heterocycles. The van der Waals surface area contributed by atoms with Gasteiger partial charge in [0.2, 0.25) is 10.0 Å². The van der Waals surface area contributed by atoms with E-state index in [-0.39, 0.29) is 0 Å². The van der Waals surface area contributed by atoms with Gasteiger partial charge in [0.1, 0.15) is 4.21 Å². The van der Waals surface area contributed by atoms with Gasteiger partial charge in [0.25, 0.3) is 0 Å². The van der Waals surface area contributed by atoms with Crippen molar-refractivity contribution in [2.45, 2.75) is 42.9 Å². The second kappa shape index (κ2) is 6.14. The monoisotopic (exact) mass is 288 g/mol. The molecule has 0 spiro atoms. The van der Waals surface area contributed by atoms with Crippen molar-refractivity contribution in [2.24, 2.45) is 0 Å². The first-order chi connectivity index (χ1) is 8.62. The zero-order valence-corrected chi connectivity index (χ0v) is 12.2. The van der Waals surface area contributed by atoms with Gasteiger partial charge < -0.3 is 5.32 Å². The Bertz CT molecular complexity index is 476. The molecule has 0 unspecified atom stereocenters. The van der Waals surface area contributed by atoms with Crippen molar-refractivity contribution >= 4 is 21.4 Å². The van der Waals surface area contributed by atoms with Crippen molar-refractivity contribution in [1.82, 2.24) is 10.0 Å². The van der Waals surface area contributed by atoms with E-state index in [1.54, 1.807) is 6.07 Å². The van der Waals surface area contributed by atoms with Crippen molar-refractivity contribution in [1.29, 1.82) is 0 Å². The lowest BCUT2D eigenvalue weighted by molar-refractivity contribution is 0.540. The SMILES string of the molecule is CCc1ccc(S(=O)(=O)NCC[C@@H]2CCCN2)s1. The number of hydrogen-bond donors (Lipinski definition) is 2. The molecular weight excluding hydrogens is 268 g/mol. The largest absolute Gasteiger partial charge is 0.314 e. The second-order valence-corrected chi connectivity index (χ2v) is 7.72. The van der Waals surface area contributed by atoms with Crippen LogP contribution in [0.15, 0.2) is 16.3 Å². The molecule has 1 aliphatic heterocycles. The van der Waals surface area contributed by atoms with Crippen LogP contribution in [0, 0.1) is 0 Å². The molecule has 2 heterocycles. The Morgan fingerprint density at radius 3 is 2.94 bits per heavy atom. The van der Waals surface area contributed by atoms with Gasteiger partial charge in [0.15, 0.2) is 0 Å². The van der Waals surface area contributed by atoms with Gasteiger partial charge >= 0.3 is 0 Å². The van der Waals surface area contributed by atoms with Crippen LogP contribution >= 0.6 is 11.3 Å². The quantitative estimate of drug-likeness (QED) is 0.838. The van der Waals surface area contributed by atoms with Gasteiger partial charge in [0, 0.05) is 17.5 Å². The molecule has 2 N–H and O–H groups in total. The third-order valence-electron chi connectivity index (χ3n) is 3.20. The molecule has 0 aromatic carbocycles. The maximum Gasteiger partial charge on any atom is 0.250 e. The summed E-state index contributed by atoms with van der Waals surface area (Å²) in [4.78, 5) is 1.10. The van der Waals surface area contributed by atoms with Gasteiger partial charge in [-0.1, -0.05) is 6.92 Å². The first kappa shape index (κ1) is 14.0. The standard InChI is InChI=1S/C12H20N2O2S2/c1-2-11-5-6-12(17-11)18(15,16)14-9-7-10-4-3-8-13-10/h5-6,10,13-14H,2-4,7-9H2,1H3/t10-/m0/s1. The van der Waals surface area contributed by atoms with Crippen LogP contribution in [0.1, 0.15) is 31.1 Å². The highest BCUT2D eigenvalue weighted by Gasteiger charge is 2.18. The molecule has 0 aliphatic carbocycles. The Labute approximate surface area is 113 Å². The van der Waals surface area contributed by atoms with Crippen LogP contribution in [-0.2, 0) is 16.4 Å². The van der Waals surface area contributed by atoms with Crippen LogP contribution in [0.25, 0.3) is 0 Å². The van der Waals surface area contributed by atoms with Gasteiger partial charge in [-0.3, -0.25) is 0 Å². The van der Waals surface area contributed by atoms with E-state index in [4.69, 9.17) is 0 Å². The molecule has 0 saturated carbocycles. The smallest absolute Gasteiger partial charge is 0.250 e. The summed E-state index contributed by atoms with van der Waals surface area (Å²) in [6.45, 7) is 3.60. The van der Waals surface area contributed by atoms with E-state index in [9.17, 15) is 8.42 Å². The van der Waals surface area contributed by atoms with Crippen molar-refractivity contribution in [3.63, 3.8) is 0 Å². The zero-order valence-electron chi connectivity index (χ0n) is 10.6. The first-order valence-electron chi connectivity index (χ1n) is 6.43. The lowest BCUT2D eigenvalue weighted by Crippen LogP contribution is -2.30.